The molecule has 0 aromatic heterocycles. The highest BCUT2D eigenvalue weighted by atomic mass is 16.7. The van der Waals surface area contributed by atoms with Crippen molar-refractivity contribution in [3.63, 3.8) is 0 Å². The fourth-order valence-corrected chi connectivity index (χ4v) is 3.14. The molecular weight excluding hydrogens is 420 g/mol. The molecule has 0 saturated carbocycles. The van der Waals surface area contributed by atoms with Crippen LogP contribution in [0.2, 0.25) is 0 Å². The number of allylic oxidation sites excluding steroid dienone is 1. The Morgan fingerprint density at radius 2 is 1.91 bits per heavy atom. The zero-order valence-electron chi connectivity index (χ0n) is 17.3. The maximum Gasteiger partial charge on any atom is 0.412 e. The van der Waals surface area contributed by atoms with E-state index in [2.05, 4.69) is 5.32 Å². The Morgan fingerprint density at radius 3 is 2.62 bits per heavy atom. The van der Waals surface area contributed by atoms with Gasteiger partial charge in [-0.1, -0.05) is 18.2 Å². The van der Waals surface area contributed by atoms with E-state index >= 15 is 0 Å². The van der Waals surface area contributed by atoms with E-state index in [-0.39, 0.29) is 12.5 Å². The number of ether oxygens (including phenoxy) is 4. The third-order valence-corrected chi connectivity index (χ3v) is 4.71. The van der Waals surface area contributed by atoms with Crippen LogP contribution in [0.15, 0.2) is 54.6 Å². The molecule has 1 heterocycles. The average Bonchev–Trinajstić information content (AvgIpc) is 3.26. The van der Waals surface area contributed by atoms with Gasteiger partial charge in [-0.05, 0) is 42.7 Å². The number of methoxy groups -OCH3 is 1. The molecule has 4 N–H and O–H groups in total. The highest BCUT2D eigenvalue weighted by Crippen LogP contribution is 2.34. The van der Waals surface area contributed by atoms with Gasteiger partial charge in [0.25, 0.3) is 5.91 Å². The smallest absolute Gasteiger partial charge is 0.412 e. The molecule has 0 spiro atoms. The number of hydroxylamine groups is 1. The Hall–Kier alpha value is -3.76. The van der Waals surface area contributed by atoms with E-state index in [0.29, 0.717) is 35.6 Å². The van der Waals surface area contributed by atoms with E-state index in [9.17, 15) is 14.7 Å². The molecule has 0 aliphatic carbocycles. The van der Waals surface area contributed by atoms with E-state index in [1.807, 2.05) is 0 Å². The second-order valence-electron chi connectivity index (χ2n) is 6.84. The van der Waals surface area contributed by atoms with Crippen molar-refractivity contribution in [1.82, 2.24) is 5.48 Å². The summed E-state index contributed by atoms with van der Waals surface area (Å²) in [6.45, 7) is 0.121. The largest absolute Gasteiger partial charge is 0.508 e. The van der Waals surface area contributed by atoms with E-state index < -0.39 is 24.2 Å². The van der Waals surface area contributed by atoms with Crippen LogP contribution in [0.5, 0.6) is 17.2 Å². The Labute approximate surface area is 184 Å². The average molecular weight is 444 g/mol. The number of aromatic hydroxyl groups is 1. The summed E-state index contributed by atoms with van der Waals surface area (Å²) >= 11 is 0. The molecule has 32 heavy (non-hydrogen) atoms. The maximum atomic E-state index is 12.6. The summed E-state index contributed by atoms with van der Waals surface area (Å²) in [7, 11) is 1.49. The van der Waals surface area contributed by atoms with Gasteiger partial charge in [0, 0.05) is 24.9 Å². The molecule has 2 aromatic rings. The number of nitrogens with one attached hydrogen (secondary N) is 2. The topological polar surface area (TPSA) is 136 Å². The van der Waals surface area contributed by atoms with Crippen LogP contribution in [0.1, 0.15) is 24.5 Å². The molecule has 3 rings (SSSR count). The molecule has 2 aromatic carbocycles. The Morgan fingerprint density at radius 1 is 1.16 bits per heavy atom. The van der Waals surface area contributed by atoms with Gasteiger partial charge in [-0.15, -0.1) is 0 Å². The summed E-state index contributed by atoms with van der Waals surface area (Å²) < 4.78 is 21.8. The number of phenols is 1. The van der Waals surface area contributed by atoms with Crippen molar-refractivity contribution < 1.29 is 38.9 Å². The molecular formula is C22H24N2O8. The first kappa shape index (κ1) is 22.9. The number of carbonyl (C=O) groups excluding carboxylic acids is 2. The standard InChI is InChI=1S/C22H24N2O8/c1-29-18(4-2-3-5-20(26)24-28)21(14-6-9-16(25)10-7-14)32-22(27)23-15-8-11-17-19(12-15)31-13-30-17/h3,5-12,18,21,25,28H,2,4,13H2,1H3,(H,23,27)(H,24,26)/b5-3+/t18-,21-/m1/s1. The van der Waals surface area contributed by atoms with Gasteiger partial charge < -0.3 is 24.1 Å². The van der Waals surface area contributed by atoms with Gasteiger partial charge in [0.2, 0.25) is 6.79 Å². The second kappa shape index (κ2) is 11.0. The molecule has 2 amide bonds. The summed E-state index contributed by atoms with van der Waals surface area (Å²) in [5.41, 5.74) is 2.60. The number of rotatable bonds is 9. The second-order valence-corrected chi connectivity index (χ2v) is 6.84. The summed E-state index contributed by atoms with van der Waals surface area (Å²) in [6.07, 6.45) is 1.54. The summed E-state index contributed by atoms with van der Waals surface area (Å²) in [6, 6.07) is 11.2. The van der Waals surface area contributed by atoms with Crippen LogP contribution < -0.4 is 20.3 Å². The van der Waals surface area contributed by atoms with E-state index in [4.69, 9.17) is 24.2 Å². The highest BCUT2D eigenvalue weighted by molar-refractivity contribution is 5.86. The molecule has 0 radical (unpaired) electrons. The Bertz CT molecular complexity index is 961. The third-order valence-electron chi connectivity index (χ3n) is 4.71. The molecule has 170 valence electrons. The van der Waals surface area contributed by atoms with Crippen LogP contribution in [0.25, 0.3) is 0 Å². The van der Waals surface area contributed by atoms with Crippen LogP contribution in [-0.2, 0) is 14.3 Å². The predicted molar refractivity (Wildman–Crippen MR) is 113 cm³/mol. The van der Waals surface area contributed by atoms with Gasteiger partial charge in [-0.2, -0.15) is 0 Å². The lowest BCUT2D eigenvalue weighted by Crippen LogP contribution is -2.28. The first-order valence-electron chi connectivity index (χ1n) is 9.79. The molecule has 0 unspecified atom stereocenters. The molecule has 0 fully saturated rings. The Kier molecular flexibility index (Phi) is 7.90. The van der Waals surface area contributed by atoms with Crippen LogP contribution in [-0.4, -0.2) is 42.3 Å². The minimum atomic E-state index is -0.797. The monoisotopic (exact) mass is 444 g/mol. The van der Waals surface area contributed by atoms with Gasteiger partial charge in [0.15, 0.2) is 17.6 Å². The molecule has 0 bridgehead atoms. The lowest BCUT2D eigenvalue weighted by Gasteiger charge is -2.26. The number of benzene rings is 2. The first-order chi connectivity index (χ1) is 15.5. The number of phenolic OH excluding ortho intramolecular Hbond substituents is 1. The minimum absolute atomic E-state index is 0.0734. The molecule has 10 nitrogen and oxygen atoms in total. The van der Waals surface area contributed by atoms with Crippen LogP contribution in [0.4, 0.5) is 10.5 Å². The van der Waals surface area contributed by atoms with Crippen LogP contribution in [0, 0.1) is 0 Å². The third kappa shape index (κ3) is 6.13. The SMILES string of the molecule is CO[C@H](CC/C=C/C(=O)NO)[C@H](OC(=O)Nc1ccc2c(c1)OCO2)c1ccc(O)cc1. The van der Waals surface area contributed by atoms with Crippen molar-refractivity contribution in [2.45, 2.75) is 25.0 Å². The van der Waals surface area contributed by atoms with Crippen molar-refractivity contribution in [2.75, 3.05) is 19.2 Å². The van der Waals surface area contributed by atoms with Crippen molar-refractivity contribution in [2.24, 2.45) is 0 Å². The first-order valence-corrected chi connectivity index (χ1v) is 9.79. The normalized spacial score (nSPS) is 14.1. The predicted octanol–water partition coefficient (Wildman–Crippen LogP) is 3.27. The fourth-order valence-electron chi connectivity index (χ4n) is 3.14. The quantitative estimate of drug-likeness (QED) is 0.263. The van der Waals surface area contributed by atoms with Crippen LogP contribution >= 0.6 is 0 Å². The lowest BCUT2D eigenvalue weighted by atomic mass is 10.00. The number of carbonyl (C=O) groups is 2. The van der Waals surface area contributed by atoms with Crippen molar-refractivity contribution >= 4 is 17.7 Å². The highest BCUT2D eigenvalue weighted by Gasteiger charge is 2.27. The van der Waals surface area contributed by atoms with Gasteiger partial charge in [0.1, 0.15) is 5.75 Å². The lowest BCUT2D eigenvalue weighted by molar-refractivity contribution is -0.124. The fraction of sp³-hybridized carbons (Fsp3) is 0.273. The Balaban J connectivity index is 1.71. The van der Waals surface area contributed by atoms with Crippen molar-refractivity contribution in [3.05, 3.63) is 60.2 Å². The summed E-state index contributed by atoms with van der Waals surface area (Å²) in [5.74, 6) is 0.539. The zero-order chi connectivity index (χ0) is 22.9. The van der Waals surface area contributed by atoms with Crippen LogP contribution in [0.3, 0.4) is 0 Å². The number of amides is 2. The van der Waals surface area contributed by atoms with E-state index in [0.717, 1.165) is 0 Å². The summed E-state index contributed by atoms with van der Waals surface area (Å²) in [5, 5.41) is 20.8. The molecule has 10 heteroatoms. The minimum Gasteiger partial charge on any atom is -0.508 e. The molecule has 2 atom stereocenters. The number of fused-ring (bicyclic) bond motifs is 1. The number of hydrogen-bond donors (Lipinski definition) is 4. The molecule has 1 aliphatic rings. The zero-order valence-corrected chi connectivity index (χ0v) is 17.3. The molecule has 1 aliphatic heterocycles. The van der Waals surface area contributed by atoms with Crippen molar-refractivity contribution in [3.8, 4) is 17.2 Å². The number of hydrogen-bond acceptors (Lipinski definition) is 8. The van der Waals surface area contributed by atoms with E-state index in [1.54, 1.807) is 36.4 Å². The maximum absolute atomic E-state index is 12.6. The summed E-state index contributed by atoms with van der Waals surface area (Å²) in [4.78, 5) is 23.7. The van der Waals surface area contributed by atoms with Gasteiger partial charge >= 0.3 is 6.09 Å². The van der Waals surface area contributed by atoms with E-state index in [1.165, 1.54) is 30.8 Å². The van der Waals surface area contributed by atoms with Gasteiger partial charge in [0.05, 0.1) is 6.10 Å². The molecule has 0 saturated heterocycles. The van der Waals surface area contributed by atoms with Crippen molar-refractivity contribution in [1.29, 1.82) is 0 Å². The van der Waals surface area contributed by atoms with Gasteiger partial charge in [-0.25, -0.2) is 10.3 Å². The van der Waals surface area contributed by atoms with Gasteiger partial charge in [-0.3, -0.25) is 15.3 Å². The number of anilines is 1.